The van der Waals surface area contributed by atoms with Crippen LogP contribution in [0, 0.1) is 0 Å². The van der Waals surface area contributed by atoms with Gasteiger partial charge in [-0.3, -0.25) is 4.90 Å². The zero-order valence-electron chi connectivity index (χ0n) is 13.3. The van der Waals surface area contributed by atoms with Gasteiger partial charge in [-0.15, -0.1) is 0 Å². The van der Waals surface area contributed by atoms with E-state index in [-0.39, 0.29) is 0 Å². The van der Waals surface area contributed by atoms with Crippen LogP contribution in [0.3, 0.4) is 0 Å². The first-order valence-corrected chi connectivity index (χ1v) is 8.16. The van der Waals surface area contributed by atoms with E-state index in [0.29, 0.717) is 23.8 Å². The molecule has 1 saturated heterocycles. The van der Waals surface area contributed by atoms with Crippen molar-refractivity contribution in [3.63, 3.8) is 0 Å². The highest BCUT2D eigenvalue weighted by Crippen LogP contribution is 2.34. The molecule has 2 aliphatic rings. The lowest BCUT2D eigenvalue weighted by Crippen LogP contribution is -2.73. The van der Waals surface area contributed by atoms with Crippen LogP contribution in [-0.2, 0) is 11.2 Å². The van der Waals surface area contributed by atoms with E-state index < -0.39 is 0 Å². The molecule has 3 rings (SSSR count). The molecule has 0 aliphatic carbocycles. The molecule has 1 aromatic carbocycles. The highest BCUT2D eigenvalue weighted by Gasteiger charge is 2.18. The van der Waals surface area contributed by atoms with Crippen LogP contribution in [0.5, 0.6) is 5.75 Å². The van der Waals surface area contributed by atoms with Crippen molar-refractivity contribution in [3.05, 3.63) is 17.7 Å². The SMILES string of the molecule is NC(CCCN1CCOCC1)=Nc1cc2c(cc1[NH2+]O)CCO2. The summed E-state index contributed by atoms with van der Waals surface area (Å²) in [5.74, 6) is 1.43. The summed E-state index contributed by atoms with van der Waals surface area (Å²) in [4.78, 5) is 6.85. The molecule has 23 heavy (non-hydrogen) atoms. The Kier molecular flexibility index (Phi) is 5.45. The zero-order valence-corrected chi connectivity index (χ0v) is 13.3. The van der Waals surface area contributed by atoms with Gasteiger partial charge >= 0.3 is 0 Å². The number of morpholine rings is 1. The summed E-state index contributed by atoms with van der Waals surface area (Å²) >= 11 is 0. The Labute approximate surface area is 136 Å². The highest BCUT2D eigenvalue weighted by molar-refractivity contribution is 5.84. The van der Waals surface area contributed by atoms with Crippen LogP contribution in [0.2, 0.25) is 0 Å². The minimum absolute atomic E-state index is 0.583. The van der Waals surface area contributed by atoms with Crippen molar-refractivity contribution < 1.29 is 20.2 Å². The normalized spacial score (nSPS) is 18.7. The molecular formula is C16H25N4O3+. The van der Waals surface area contributed by atoms with Crippen molar-refractivity contribution in [1.29, 1.82) is 0 Å². The third-order valence-electron chi connectivity index (χ3n) is 4.25. The topological polar surface area (TPSA) is 96.9 Å². The van der Waals surface area contributed by atoms with Gasteiger partial charge in [0.1, 0.15) is 11.4 Å². The van der Waals surface area contributed by atoms with Crippen molar-refractivity contribution in [2.75, 3.05) is 39.5 Å². The Morgan fingerprint density at radius 3 is 2.91 bits per heavy atom. The summed E-state index contributed by atoms with van der Waals surface area (Å²) in [5.41, 5.74) is 9.60. The fraction of sp³-hybridized carbons (Fsp3) is 0.562. The van der Waals surface area contributed by atoms with Gasteiger partial charge < -0.3 is 15.2 Å². The number of hydrogen-bond donors (Lipinski definition) is 3. The zero-order chi connectivity index (χ0) is 16.1. The van der Waals surface area contributed by atoms with Crippen molar-refractivity contribution in [2.45, 2.75) is 19.3 Å². The molecule has 126 valence electrons. The summed E-state index contributed by atoms with van der Waals surface area (Å²) in [6.45, 7) is 5.29. The average molecular weight is 321 g/mol. The van der Waals surface area contributed by atoms with Gasteiger partial charge in [0.2, 0.25) is 0 Å². The van der Waals surface area contributed by atoms with E-state index in [4.69, 9.17) is 15.2 Å². The quantitative estimate of drug-likeness (QED) is 0.303. The number of fused-ring (bicyclic) bond motifs is 1. The van der Waals surface area contributed by atoms with Crippen LogP contribution in [0.1, 0.15) is 18.4 Å². The fourth-order valence-corrected chi connectivity index (χ4v) is 2.95. The van der Waals surface area contributed by atoms with E-state index in [9.17, 15) is 5.21 Å². The number of rotatable bonds is 6. The summed E-state index contributed by atoms with van der Waals surface area (Å²) in [6.07, 6.45) is 2.57. The number of ether oxygens (including phenoxy) is 2. The van der Waals surface area contributed by atoms with Gasteiger partial charge in [0.25, 0.3) is 0 Å². The minimum Gasteiger partial charge on any atom is -0.493 e. The molecule has 7 nitrogen and oxygen atoms in total. The second-order valence-electron chi connectivity index (χ2n) is 5.91. The number of quaternary nitrogens is 1. The Balaban J connectivity index is 1.59. The van der Waals surface area contributed by atoms with Gasteiger partial charge in [-0.2, -0.15) is 5.48 Å². The molecule has 0 bridgehead atoms. The molecule has 7 heteroatoms. The predicted octanol–water partition coefficient (Wildman–Crippen LogP) is 0.307. The van der Waals surface area contributed by atoms with Crippen LogP contribution in [0.4, 0.5) is 11.4 Å². The van der Waals surface area contributed by atoms with Crippen LogP contribution >= 0.6 is 0 Å². The average Bonchev–Trinajstić information content (AvgIpc) is 3.02. The molecule has 0 spiro atoms. The molecular weight excluding hydrogens is 296 g/mol. The molecule has 0 aromatic heterocycles. The van der Waals surface area contributed by atoms with Gasteiger partial charge in [0, 0.05) is 43.6 Å². The van der Waals surface area contributed by atoms with Gasteiger partial charge in [0.15, 0.2) is 5.69 Å². The first-order chi connectivity index (χ1) is 11.3. The standard InChI is InChI=1S/C16H24N4O3/c17-16(2-1-4-20-5-8-22-9-6-20)18-13-11-15-12(3-7-23-15)10-14(13)19-21/h10-11,19,21H,1-9H2,(H2,17,18)/p+1. The Bertz CT molecular complexity index is 571. The first kappa shape index (κ1) is 16.2. The van der Waals surface area contributed by atoms with Crippen molar-refractivity contribution in [2.24, 2.45) is 10.7 Å². The summed E-state index contributed by atoms with van der Waals surface area (Å²) < 4.78 is 10.9. The largest absolute Gasteiger partial charge is 0.493 e. The maximum atomic E-state index is 9.41. The molecule has 1 aromatic rings. The van der Waals surface area contributed by atoms with Crippen molar-refractivity contribution in [1.82, 2.24) is 4.90 Å². The third-order valence-corrected chi connectivity index (χ3v) is 4.25. The van der Waals surface area contributed by atoms with E-state index in [1.54, 1.807) is 0 Å². The summed E-state index contributed by atoms with van der Waals surface area (Å²) in [6, 6.07) is 3.78. The number of nitrogens with zero attached hydrogens (tertiary/aromatic N) is 2. The van der Waals surface area contributed by atoms with Gasteiger partial charge in [-0.1, -0.05) is 0 Å². The van der Waals surface area contributed by atoms with Gasteiger partial charge in [0.05, 0.1) is 25.7 Å². The number of nitrogens with two attached hydrogens (primary N) is 2. The molecule has 0 amide bonds. The van der Waals surface area contributed by atoms with Crippen LogP contribution in [-0.4, -0.2) is 55.4 Å². The second-order valence-corrected chi connectivity index (χ2v) is 5.91. The molecule has 2 aliphatic heterocycles. The predicted molar refractivity (Wildman–Crippen MR) is 86.8 cm³/mol. The van der Waals surface area contributed by atoms with E-state index in [2.05, 4.69) is 9.89 Å². The van der Waals surface area contributed by atoms with E-state index in [0.717, 1.165) is 68.9 Å². The van der Waals surface area contributed by atoms with Crippen LogP contribution in [0.25, 0.3) is 0 Å². The Hall–Kier alpha value is -1.67. The maximum absolute atomic E-state index is 9.41. The monoisotopic (exact) mass is 321 g/mol. The molecule has 0 radical (unpaired) electrons. The summed E-state index contributed by atoms with van der Waals surface area (Å²) in [5, 5.41) is 9.41. The lowest BCUT2D eigenvalue weighted by atomic mass is 10.1. The van der Waals surface area contributed by atoms with Crippen LogP contribution in [0.15, 0.2) is 17.1 Å². The Morgan fingerprint density at radius 1 is 1.30 bits per heavy atom. The van der Waals surface area contributed by atoms with Gasteiger partial charge in [-0.25, -0.2) is 10.2 Å². The first-order valence-electron chi connectivity index (χ1n) is 8.16. The maximum Gasteiger partial charge on any atom is 0.188 e. The van der Waals surface area contributed by atoms with E-state index in [1.165, 1.54) is 0 Å². The number of aliphatic imine (C=N–C) groups is 1. The minimum atomic E-state index is 0.583. The Morgan fingerprint density at radius 2 is 2.13 bits per heavy atom. The lowest BCUT2D eigenvalue weighted by Gasteiger charge is -2.26. The molecule has 0 atom stereocenters. The number of amidine groups is 1. The molecule has 1 fully saturated rings. The number of benzene rings is 1. The fourth-order valence-electron chi connectivity index (χ4n) is 2.95. The molecule has 0 unspecified atom stereocenters. The van der Waals surface area contributed by atoms with Crippen molar-refractivity contribution >= 4 is 17.2 Å². The third kappa shape index (κ3) is 4.20. The smallest absolute Gasteiger partial charge is 0.188 e. The van der Waals surface area contributed by atoms with Crippen molar-refractivity contribution in [3.8, 4) is 5.75 Å². The van der Waals surface area contributed by atoms with Gasteiger partial charge in [-0.05, 0) is 13.0 Å². The van der Waals surface area contributed by atoms with Crippen LogP contribution < -0.4 is 16.0 Å². The second kappa shape index (κ2) is 7.74. The number of hydrogen-bond acceptors (Lipinski definition) is 5. The molecule has 2 heterocycles. The highest BCUT2D eigenvalue weighted by atomic mass is 16.5. The summed E-state index contributed by atoms with van der Waals surface area (Å²) in [7, 11) is 0. The molecule has 0 saturated carbocycles. The van der Waals surface area contributed by atoms with E-state index >= 15 is 0 Å². The lowest BCUT2D eigenvalue weighted by molar-refractivity contribution is -0.825. The van der Waals surface area contributed by atoms with E-state index in [1.807, 2.05) is 12.1 Å². The molecule has 5 N–H and O–H groups in total.